The monoisotopic (exact) mass is 421 g/mol. The molecule has 9 heteroatoms. The smallest absolute Gasteiger partial charge is 0.270 e. The van der Waals surface area contributed by atoms with Crippen LogP contribution in [0.25, 0.3) is 0 Å². The summed E-state index contributed by atoms with van der Waals surface area (Å²) in [6, 6.07) is 9.76. The van der Waals surface area contributed by atoms with Gasteiger partial charge in [-0.1, -0.05) is 17.3 Å². The molecule has 1 atom stereocenters. The summed E-state index contributed by atoms with van der Waals surface area (Å²) in [5.41, 5.74) is 3.00. The zero-order valence-electron chi connectivity index (χ0n) is 17.0. The van der Waals surface area contributed by atoms with Crippen molar-refractivity contribution in [2.75, 3.05) is 7.11 Å². The molecule has 1 unspecified atom stereocenters. The summed E-state index contributed by atoms with van der Waals surface area (Å²) < 4.78 is 18.5. The molecule has 158 valence electrons. The van der Waals surface area contributed by atoms with Crippen molar-refractivity contribution >= 4 is 11.6 Å². The van der Waals surface area contributed by atoms with E-state index in [1.165, 1.54) is 19.2 Å². The first kappa shape index (κ1) is 20.4. The van der Waals surface area contributed by atoms with Crippen LogP contribution in [0.15, 0.2) is 53.9 Å². The second kappa shape index (κ2) is 8.86. The number of aryl methyl sites for hydroxylation is 1. The van der Waals surface area contributed by atoms with Gasteiger partial charge in [0.1, 0.15) is 17.2 Å². The highest BCUT2D eigenvalue weighted by atomic mass is 19.1. The van der Waals surface area contributed by atoms with Crippen LogP contribution in [0.1, 0.15) is 45.7 Å². The number of amides is 1. The third kappa shape index (κ3) is 4.66. The van der Waals surface area contributed by atoms with Crippen molar-refractivity contribution in [2.45, 2.75) is 26.0 Å². The first-order valence-electron chi connectivity index (χ1n) is 9.63. The number of pyridine rings is 1. The molecular formula is C22H20FN5O3. The topological polar surface area (TPSA) is 98.6 Å². The van der Waals surface area contributed by atoms with E-state index in [-0.39, 0.29) is 30.0 Å². The minimum absolute atomic E-state index is 0.120. The van der Waals surface area contributed by atoms with Crippen LogP contribution in [-0.2, 0) is 11.4 Å². The van der Waals surface area contributed by atoms with E-state index in [0.717, 1.165) is 5.56 Å². The molecule has 3 heterocycles. The summed E-state index contributed by atoms with van der Waals surface area (Å²) in [6.07, 6.45) is 3.70. The van der Waals surface area contributed by atoms with Gasteiger partial charge in [-0.05, 0) is 36.8 Å². The Bertz CT molecular complexity index is 1140. The Morgan fingerprint density at radius 1 is 1.29 bits per heavy atom. The molecule has 0 bridgehead atoms. The minimum atomic E-state index is -0.460. The standard InChI is InChI=1S/C22H20FN5O3/c1-13-26-17(18-10-20(31-28-18)15-4-3-7-24-12-15)9-19(27-13)22(29)25-11-14-5-6-16(23)21(8-14)30-2/h3-9,12,20H,10-11H2,1-2H3,(H,25,29). The number of nitrogens with one attached hydrogen (secondary N) is 1. The summed E-state index contributed by atoms with van der Waals surface area (Å²) in [4.78, 5) is 30.9. The maximum absolute atomic E-state index is 13.6. The zero-order valence-corrected chi connectivity index (χ0v) is 17.0. The number of benzene rings is 1. The molecule has 0 saturated heterocycles. The highest BCUT2D eigenvalue weighted by molar-refractivity contribution is 6.02. The molecule has 1 N–H and O–H groups in total. The van der Waals surface area contributed by atoms with E-state index < -0.39 is 5.82 Å². The van der Waals surface area contributed by atoms with Gasteiger partial charge < -0.3 is 14.9 Å². The maximum Gasteiger partial charge on any atom is 0.270 e. The van der Waals surface area contributed by atoms with Crippen LogP contribution in [-0.4, -0.2) is 33.7 Å². The molecule has 31 heavy (non-hydrogen) atoms. The van der Waals surface area contributed by atoms with Crippen molar-refractivity contribution in [3.05, 3.63) is 82.9 Å². The molecule has 1 aliphatic rings. The Morgan fingerprint density at radius 3 is 2.94 bits per heavy atom. The van der Waals surface area contributed by atoms with Crippen molar-refractivity contribution in [3.63, 3.8) is 0 Å². The average molecular weight is 421 g/mol. The molecule has 0 fully saturated rings. The van der Waals surface area contributed by atoms with Crippen molar-refractivity contribution < 1.29 is 18.8 Å². The van der Waals surface area contributed by atoms with Gasteiger partial charge in [0, 0.05) is 30.9 Å². The Balaban J connectivity index is 1.46. The van der Waals surface area contributed by atoms with Crippen LogP contribution in [0.4, 0.5) is 4.39 Å². The van der Waals surface area contributed by atoms with Gasteiger partial charge in [0.25, 0.3) is 5.91 Å². The molecule has 0 radical (unpaired) electrons. The van der Waals surface area contributed by atoms with Crippen molar-refractivity contribution in [1.82, 2.24) is 20.3 Å². The number of nitrogens with zero attached hydrogens (tertiary/aromatic N) is 4. The van der Waals surface area contributed by atoms with Gasteiger partial charge in [-0.3, -0.25) is 9.78 Å². The van der Waals surface area contributed by atoms with Crippen molar-refractivity contribution in [1.29, 1.82) is 0 Å². The lowest BCUT2D eigenvalue weighted by Gasteiger charge is -2.09. The van der Waals surface area contributed by atoms with Crippen LogP contribution in [0, 0.1) is 12.7 Å². The lowest BCUT2D eigenvalue weighted by Crippen LogP contribution is -2.25. The van der Waals surface area contributed by atoms with E-state index in [1.807, 2.05) is 12.1 Å². The predicted molar refractivity (Wildman–Crippen MR) is 110 cm³/mol. The highest BCUT2D eigenvalue weighted by Crippen LogP contribution is 2.28. The van der Waals surface area contributed by atoms with Gasteiger partial charge >= 0.3 is 0 Å². The second-order valence-electron chi connectivity index (χ2n) is 6.96. The van der Waals surface area contributed by atoms with Gasteiger partial charge in [0.05, 0.1) is 12.8 Å². The Morgan fingerprint density at radius 2 is 2.16 bits per heavy atom. The van der Waals surface area contributed by atoms with Crippen LogP contribution < -0.4 is 10.1 Å². The highest BCUT2D eigenvalue weighted by Gasteiger charge is 2.26. The minimum Gasteiger partial charge on any atom is -0.494 e. The van der Waals surface area contributed by atoms with Crippen molar-refractivity contribution in [2.24, 2.45) is 5.16 Å². The quantitative estimate of drug-likeness (QED) is 0.657. The van der Waals surface area contributed by atoms with Crippen LogP contribution in [0.5, 0.6) is 5.75 Å². The van der Waals surface area contributed by atoms with E-state index >= 15 is 0 Å². The van der Waals surface area contributed by atoms with Crippen LogP contribution >= 0.6 is 0 Å². The van der Waals surface area contributed by atoms with Gasteiger partial charge in [0.2, 0.25) is 0 Å². The molecule has 1 amide bonds. The van der Waals surface area contributed by atoms with Gasteiger partial charge in [-0.25, -0.2) is 14.4 Å². The molecule has 2 aromatic heterocycles. The molecule has 0 aliphatic carbocycles. The summed E-state index contributed by atoms with van der Waals surface area (Å²) in [7, 11) is 1.39. The Kier molecular flexibility index (Phi) is 5.83. The molecule has 3 aromatic rings. The zero-order chi connectivity index (χ0) is 21.8. The Hall–Kier alpha value is -3.88. The normalized spacial score (nSPS) is 15.2. The van der Waals surface area contributed by atoms with Gasteiger partial charge in [0.15, 0.2) is 17.7 Å². The predicted octanol–water partition coefficient (Wildman–Crippen LogP) is 3.12. The summed E-state index contributed by atoms with van der Waals surface area (Å²) in [6.45, 7) is 1.90. The average Bonchev–Trinajstić information content (AvgIpc) is 3.29. The molecular weight excluding hydrogens is 401 g/mol. The van der Waals surface area contributed by atoms with E-state index in [2.05, 4.69) is 25.4 Å². The lowest BCUT2D eigenvalue weighted by atomic mass is 10.0. The van der Waals surface area contributed by atoms with Gasteiger partial charge in [-0.15, -0.1) is 0 Å². The largest absolute Gasteiger partial charge is 0.494 e. The number of hydrogen-bond donors (Lipinski definition) is 1. The molecule has 1 aromatic carbocycles. The lowest BCUT2D eigenvalue weighted by molar-refractivity contribution is 0.0855. The summed E-state index contributed by atoms with van der Waals surface area (Å²) in [5, 5.41) is 6.92. The van der Waals surface area contributed by atoms with E-state index in [0.29, 0.717) is 29.2 Å². The fourth-order valence-corrected chi connectivity index (χ4v) is 3.19. The number of halogens is 1. The number of aromatic nitrogens is 3. The van der Waals surface area contributed by atoms with Gasteiger partial charge in [-0.2, -0.15) is 0 Å². The van der Waals surface area contributed by atoms with Crippen LogP contribution in [0.2, 0.25) is 0 Å². The molecule has 0 saturated carbocycles. The maximum atomic E-state index is 13.6. The fourth-order valence-electron chi connectivity index (χ4n) is 3.19. The fraction of sp³-hybridized carbons (Fsp3) is 0.227. The first-order chi connectivity index (χ1) is 15.0. The van der Waals surface area contributed by atoms with E-state index in [9.17, 15) is 9.18 Å². The molecule has 0 spiro atoms. The number of ether oxygens (including phenoxy) is 1. The number of rotatable bonds is 6. The molecule has 1 aliphatic heterocycles. The summed E-state index contributed by atoms with van der Waals surface area (Å²) >= 11 is 0. The third-order valence-corrected chi connectivity index (χ3v) is 4.76. The molecule has 8 nitrogen and oxygen atoms in total. The first-order valence-corrected chi connectivity index (χ1v) is 9.63. The number of oxime groups is 1. The molecule has 4 rings (SSSR count). The SMILES string of the molecule is COc1cc(CNC(=O)c2cc(C3=NOC(c4cccnc4)C3)nc(C)n2)ccc1F. The number of methoxy groups -OCH3 is 1. The second-order valence-corrected chi connectivity index (χ2v) is 6.96. The number of carbonyl (C=O) groups excluding carboxylic acids is 1. The number of hydrogen-bond acceptors (Lipinski definition) is 7. The number of carbonyl (C=O) groups is 1. The van der Waals surface area contributed by atoms with E-state index in [4.69, 9.17) is 9.57 Å². The van der Waals surface area contributed by atoms with E-state index in [1.54, 1.807) is 31.5 Å². The third-order valence-electron chi connectivity index (χ3n) is 4.76. The summed E-state index contributed by atoms with van der Waals surface area (Å²) in [5.74, 6) is -0.274. The van der Waals surface area contributed by atoms with Crippen molar-refractivity contribution in [3.8, 4) is 5.75 Å². The van der Waals surface area contributed by atoms with Crippen LogP contribution in [0.3, 0.4) is 0 Å². The Labute approximate surface area is 178 Å².